The smallest absolute Gasteiger partial charge is 0.282 e. The lowest BCUT2D eigenvalue weighted by atomic mass is 9.67. The summed E-state index contributed by atoms with van der Waals surface area (Å²) in [5.74, 6) is 2.89. The molecule has 234 valence electrons. The van der Waals surface area contributed by atoms with E-state index in [1.54, 1.807) is 26.5 Å². The van der Waals surface area contributed by atoms with Gasteiger partial charge in [0.25, 0.3) is 5.88 Å². The van der Waals surface area contributed by atoms with Gasteiger partial charge in [-0.1, -0.05) is 13.8 Å². The number of benzene rings is 1. The lowest BCUT2D eigenvalue weighted by molar-refractivity contribution is -0.282. The summed E-state index contributed by atoms with van der Waals surface area (Å²) in [5.41, 5.74) is 2.55. The van der Waals surface area contributed by atoms with Crippen molar-refractivity contribution in [2.24, 2.45) is 17.3 Å². The van der Waals surface area contributed by atoms with E-state index in [9.17, 15) is 4.39 Å². The molecule has 1 atom stereocenters. The Morgan fingerprint density at radius 2 is 1.80 bits per heavy atom. The van der Waals surface area contributed by atoms with Gasteiger partial charge in [0.05, 0.1) is 5.69 Å². The Kier molecular flexibility index (Phi) is 7.53. The summed E-state index contributed by atoms with van der Waals surface area (Å²) < 4.78 is 32.4. The van der Waals surface area contributed by atoms with Crippen molar-refractivity contribution >= 4 is 5.82 Å². The number of methoxy groups -OCH3 is 2. The van der Waals surface area contributed by atoms with Crippen LogP contribution in [0.3, 0.4) is 0 Å². The van der Waals surface area contributed by atoms with E-state index in [0.717, 1.165) is 69.5 Å². The number of rotatable bonds is 10. The first-order chi connectivity index (χ1) is 21.2. The molecular weight excluding hydrogens is 561 g/mol. The van der Waals surface area contributed by atoms with Gasteiger partial charge in [0.2, 0.25) is 0 Å². The minimum atomic E-state index is -0.419. The van der Waals surface area contributed by atoms with Gasteiger partial charge >= 0.3 is 0 Å². The summed E-state index contributed by atoms with van der Waals surface area (Å²) in [4.78, 5) is 18.7. The number of aromatic nitrogens is 5. The van der Waals surface area contributed by atoms with Crippen LogP contribution in [0.2, 0.25) is 0 Å². The van der Waals surface area contributed by atoms with Crippen molar-refractivity contribution in [2.75, 3.05) is 45.3 Å². The highest BCUT2D eigenvalue weighted by molar-refractivity contribution is 5.73. The summed E-state index contributed by atoms with van der Waals surface area (Å²) in [6.07, 6.45) is 8.34. The molecule has 11 heteroatoms. The zero-order valence-corrected chi connectivity index (χ0v) is 26.3. The third-order valence-electron chi connectivity index (χ3n) is 10.2. The third-order valence-corrected chi connectivity index (χ3v) is 10.2. The van der Waals surface area contributed by atoms with Crippen molar-refractivity contribution in [1.29, 1.82) is 0 Å². The largest absolute Gasteiger partial charge is 0.434 e. The Morgan fingerprint density at radius 3 is 2.50 bits per heavy atom. The maximum Gasteiger partial charge on any atom is 0.282 e. The van der Waals surface area contributed by atoms with E-state index in [-0.39, 0.29) is 11.2 Å². The number of halogens is 1. The molecule has 2 saturated heterocycles. The molecule has 0 radical (unpaired) electrons. The second kappa shape index (κ2) is 11.3. The zero-order chi connectivity index (χ0) is 30.6. The summed E-state index contributed by atoms with van der Waals surface area (Å²) in [7, 11) is 3.49. The Hall–Kier alpha value is -3.28. The molecule has 4 fully saturated rings. The van der Waals surface area contributed by atoms with Gasteiger partial charge in [-0.2, -0.15) is 0 Å². The van der Waals surface area contributed by atoms with Gasteiger partial charge in [0, 0.05) is 87.9 Å². The summed E-state index contributed by atoms with van der Waals surface area (Å²) >= 11 is 0. The van der Waals surface area contributed by atoms with Crippen LogP contribution in [0.5, 0.6) is 11.6 Å². The van der Waals surface area contributed by atoms with E-state index in [2.05, 4.69) is 43.8 Å². The van der Waals surface area contributed by atoms with Crippen LogP contribution in [0.15, 0.2) is 30.7 Å². The van der Waals surface area contributed by atoms with Crippen LogP contribution in [0, 0.1) is 30.0 Å². The molecule has 0 amide bonds. The zero-order valence-electron chi connectivity index (χ0n) is 26.3. The fourth-order valence-corrected chi connectivity index (χ4v) is 7.87. The van der Waals surface area contributed by atoms with Crippen molar-refractivity contribution < 1.29 is 18.6 Å². The second-order valence-electron chi connectivity index (χ2n) is 13.6. The quantitative estimate of drug-likeness (QED) is 0.281. The van der Waals surface area contributed by atoms with Crippen LogP contribution in [-0.2, 0) is 9.47 Å². The van der Waals surface area contributed by atoms with E-state index < -0.39 is 5.79 Å². The Bertz CT molecular complexity index is 1510. The minimum absolute atomic E-state index is 0.206. The number of hydrogen-bond acceptors (Lipinski definition) is 10. The standard InChI is InChI=1S/C33H42FN7O3/c1-20(2)29(23-13-33(14-23,42-4)43-5)41-17-32(18-41)10-11-40(16-32)30-31(39-37-19-36-30)44-27-9-8-24(34)12-25(27)26-15-35-21(3)38-28(26)22-6-7-22/h8-9,12,15,19-20,22-23,29H,6-7,10-11,13-14,16-18H2,1-5H3/t29-/m0/s1. The van der Waals surface area contributed by atoms with Crippen LogP contribution >= 0.6 is 0 Å². The van der Waals surface area contributed by atoms with Gasteiger partial charge in [0.15, 0.2) is 11.6 Å². The molecule has 2 aliphatic heterocycles. The normalized spacial score (nSPS) is 21.8. The highest BCUT2D eigenvalue weighted by Crippen LogP contribution is 2.51. The SMILES string of the molecule is COC1(OC)CC([C@H](C(C)C)N2CC3(CCN(c4ncnnc4Oc4ccc(F)cc4-c4cnc(C)nc4C4CC4)C3)C2)C1. The Balaban J connectivity index is 1.08. The van der Waals surface area contributed by atoms with E-state index in [4.69, 9.17) is 19.2 Å². The predicted octanol–water partition coefficient (Wildman–Crippen LogP) is 5.38. The molecule has 10 nitrogen and oxygen atoms in total. The minimum Gasteiger partial charge on any atom is -0.434 e. The molecule has 0 bridgehead atoms. The van der Waals surface area contributed by atoms with Gasteiger partial charge in [-0.05, 0) is 56.2 Å². The second-order valence-corrected chi connectivity index (χ2v) is 13.6. The van der Waals surface area contributed by atoms with Crippen LogP contribution in [0.4, 0.5) is 10.2 Å². The van der Waals surface area contributed by atoms with Crippen LogP contribution in [0.1, 0.15) is 63.4 Å². The van der Waals surface area contributed by atoms with E-state index in [1.807, 2.05) is 6.92 Å². The van der Waals surface area contributed by atoms with Crippen molar-refractivity contribution in [3.63, 3.8) is 0 Å². The number of likely N-dealkylation sites (tertiary alicyclic amines) is 1. The number of aryl methyl sites for hydroxylation is 1. The fraction of sp³-hybridized carbons (Fsp3) is 0.606. The van der Waals surface area contributed by atoms with Gasteiger partial charge in [-0.25, -0.2) is 19.3 Å². The first-order valence-corrected chi connectivity index (χ1v) is 15.8. The highest BCUT2D eigenvalue weighted by Gasteiger charge is 2.56. The average molecular weight is 604 g/mol. The van der Waals surface area contributed by atoms with Gasteiger partial charge < -0.3 is 19.1 Å². The maximum atomic E-state index is 14.6. The molecule has 1 aromatic carbocycles. The van der Waals surface area contributed by atoms with Gasteiger partial charge in [0.1, 0.15) is 23.7 Å². The molecule has 2 aliphatic carbocycles. The number of anilines is 1. The van der Waals surface area contributed by atoms with Crippen LogP contribution < -0.4 is 9.64 Å². The van der Waals surface area contributed by atoms with E-state index in [1.165, 1.54) is 18.5 Å². The van der Waals surface area contributed by atoms with Crippen molar-refractivity contribution in [3.05, 3.63) is 48.1 Å². The number of nitrogens with zero attached hydrogens (tertiary/aromatic N) is 7. The molecule has 0 N–H and O–H groups in total. The van der Waals surface area contributed by atoms with E-state index in [0.29, 0.717) is 52.6 Å². The van der Waals surface area contributed by atoms with Crippen LogP contribution in [-0.4, -0.2) is 82.3 Å². The average Bonchev–Trinajstić information content (AvgIpc) is 3.73. The molecule has 3 aromatic rings. The summed E-state index contributed by atoms with van der Waals surface area (Å²) in [6.45, 7) is 10.4. The first kappa shape index (κ1) is 29.4. The monoisotopic (exact) mass is 603 g/mol. The lowest BCUT2D eigenvalue weighted by Gasteiger charge is -2.58. The summed E-state index contributed by atoms with van der Waals surface area (Å²) in [5, 5.41) is 8.40. The topological polar surface area (TPSA) is 98.6 Å². The maximum absolute atomic E-state index is 14.6. The molecule has 7 rings (SSSR count). The number of hydrogen-bond donors (Lipinski definition) is 0. The molecule has 2 aromatic heterocycles. The molecular formula is C33H42FN7O3. The van der Waals surface area contributed by atoms with Crippen molar-refractivity contribution in [3.8, 4) is 22.8 Å². The summed E-state index contributed by atoms with van der Waals surface area (Å²) in [6, 6.07) is 5.04. The molecule has 1 spiro atoms. The Morgan fingerprint density at radius 1 is 1.02 bits per heavy atom. The molecule has 0 unspecified atom stereocenters. The van der Waals surface area contributed by atoms with Crippen LogP contribution in [0.25, 0.3) is 11.1 Å². The van der Waals surface area contributed by atoms with Gasteiger partial charge in [-0.3, -0.25) is 4.90 Å². The molecule has 4 heterocycles. The fourth-order valence-electron chi connectivity index (χ4n) is 7.87. The lowest BCUT2D eigenvalue weighted by Crippen LogP contribution is -2.66. The van der Waals surface area contributed by atoms with E-state index >= 15 is 0 Å². The third kappa shape index (κ3) is 5.32. The predicted molar refractivity (Wildman–Crippen MR) is 163 cm³/mol. The Labute approximate surface area is 258 Å². The van der Waals surface area contributed by atoms with Gasteiger partial charge in [-0.15, -0.1) is 10.2 Å². The molecule has 4 aliphatic rings. The first-order valence-electron chi connectivity index (χ1n) is 15.8. The molecule has 44 heavy (non-hydrogen) atoms. The molecule has 2 saturated carbocycles. The van der Waals surface area contributed by atoms with Crippen molar-refractivity contribution in [1.82, 2.24) is 30.0 Å². The highest BCUT2D eigenvalue weighted by atomic mass is 19.1. The number of ether oxygens (including phenoxy) is 3. The van der Waals surface area contributed by atoms with Crippen molar-refractivity contribution in [2.45, 2.75) is 70.6 Å².